The molecule has 3 N–H and O–H groups in total. The molecular formula is C14H26N6O. The quantitative estimate of drug-likeness (QED) is 0.788. The summed E-state index contributed by atoms with van der Waals surface area (Å²) < 4.78 is 5.70. The summed E-state index contributed by atoms with van der Waals surface area (Å²) in [5.74, 6) is 1.94. The summed E-state index contributed by atoms with van der Waals surface area (Å²) in [5, 5.41) is 3.29. The van der Waals surface area contributed by atoms with Crippen LogP contribution >= 0.6 is 0 Å². The molecule has 0 spiro atoms. The molecule has 21 heavy (non-hydrogen) atoms. The normalized spacial score (nSPS) is 21.5. The van der Waals surface area contributed by atoms with Crippen molar-refractivity contribution < 1.29 is 4.74 Å². The minimum absolute atomic E-state index is 0.254. The lowest BCUT2D eigenvalue weighted by molar-refractivity contribution is 0.0900. The van der Waals surface area contributed by atoms with Gasteiger partial charge in [-0.2, -0.15) is 15.0 Å². The molecule has 2 heterocycles. The molecule has 1 aliphatic heterocycles. The number of nitrogens with two attached hydrogens (primary N) is 1. The van der Waals surface area contributed by atoms with Crippen LogP contribution in [0.15, 0.2) is 0 Å². The molecule has 1 aromatic rings. The molecule has 7 heteroatoms. The first-order valence-corrected chi connectivity index (χ1v) is 7.79. The first-order valence-electron chi connectivity index (χ1n) is 7.79. The third-order valence-corrected chi connectivity index (χ3v) is 3.96. The van der Waals surface area contributed by atoms with E-state index >= 15 is 0 Å². The smallest absolute Gasteiger partial charge is 0.231 e. The van der Waals surface area contributed by atoms with E-state index in [0.717, 1.165) is 39.1 Å². The Balaban J connectivity index is 2.02. The molecule has 1 saturated heterocycles. The Hall–Kier alpha value is -1.63. The second-order valence-corrected chi connectivity index (χ2v) is 5.24. The van der Waals surface area contributed by atoms with Gasteiger partial charge in [0.15, 0.2) is 0 Å². The largest absolute Gasteiger partial charge is 0.378 e. The van der Waals surface area contributed by atoms with Crippen molar-refractivity contribution in [1.29, 1.82) is 0 Å². The topological polar surface area (TPSA) is 89.2 Å². The van der Waals surface area contributed by atoms with Crippen LogP contribution in [0.3, 0.4) is 0 Å². The van der Waals surface area contributed by atoms with E-state index in [1.807, 2.05) is 0 Å². The Morgan fingerprint density at radius 1 is 1.24 bits per heavy atom. The summed E-state index contributed by atoms with van der Waals surface area (Å²) in [6.45, 7) is 9.62. The summed E-state index contributed by atoms with van der Waals surface area (Å²) in [4.78, 5) is 14.9. The lowest BCUT2D eigenvalue weighted by Crippen LogP contribution is -2.27. The van der Waals surface area contributed by atoms with Crippen LogP contribution in [0.25, 0.3) is 0 Å². The number of hydrogen-bond donors (Lipinski definition) is 2. The molecule has 2 atom stereocenters. The number of ether oxygens (including phenoxy) is 1. The van der Waals surface area contributed by atoms with E-state index in [9.17, 15) is 0 Å². The highest BCUT2D eigenvalue weighted by Crippen LogP contribution is 2.23. The Labute approximate surface area is 126 Å². The first kappa shape index (κ1) is 15.8. The van der Waals surface area contributed by atoms with Crippen LogP contribution in [0.5, 0.6) is 0 Å². The number of anilines is 3. The Kier molecular flexibility index (Phi) is 5.55. The highest BCUT2D eigenvalue weighted by Gasteiger charge is 2.26. The maximum Gasteiger partial charge on any atom is 0.231 e. The highest BCUT2D eigenvalue weighted by atomic mass is 16.5. The standard InChI is InChI=1S/C14H26N6O/c1-4-11-10(7-8-21-11)9-16-13-17-12(15)18-14(19-13)20(5-2)6-3/h10-11H,4-9H2,1-3H3,(H3,15,16,17,18,19). The predicted octanol–water partition coefficient (Wildman–Crippen LogP) is 1.53. The zero-order valence-electron chi connectivity index (χ0n) is 13.2. The van der Waals surface area contributed by atoms with Gasteiger partial charge in [0.2, 0.25) is 17.8 Å². The number of aromatic nitrogens is 3. The average molecular weight is 294 g/mol. The summed E-state index contributed by atoms with van der Waals surface area (Å²) in [6.07, 6.45) is 2.45. The lowest BCUT2D eigenvalue weighted by Gasteiger charge is -2.20. The Bertz CT molecular complexity index is 451. The molecular weight excluding hydrogens is 268 g/mol. The third-order valence-electron chi connectivity index (χ3n) is 3.96. The fourth-order valence-electron chi connectivity index (χ4n) is 2.71. The van der Waals surface area contributed by atoms with Gasteiger partial charge in [-0.1, -0.05) is 6.92 Å². The van der Waals surface area contributed by atoms with Gasteiger partial charge in [-0.3, -0.25) is 0 Å². The summed E-state index contributed by atoms with van der Waals surface area (Å²) in [5.41, 5.74) is 5.79. The molecule has 2 rings (SSSR count). The molecule has 2 unspecified atom stereocenters. The molecule has 0 aliphatic carbocycles. The van der Waals surface area contributed by atoms with E-state index in [2.05, 4.69) is 45.9 Å². The van der Waals surface area contributed by atoms with Crippen LogP contribution in [0, 0.1) is 5.92 Å². The summed E-state index contributed by atoms with van der Waals surface area (Å²) in [7, 11) is 0. The Morgan fingerprint density at radius 3 is 2.67 bits per heavy atom. The van der Waals surface area contributed by atoms with E-state index in [1.54, 1.807) is 0 Å². The predicted molar refractivity (Wildman–Crippen MR) is 84.4 cm³/mol. The van der Waals surface area contributed by atoms with Crippen molar-refractivity contribution in [2.45, 2.75) is 39.7 Å². The van der Waals surface area contributed by atoms with Gasteiger partial charge in [0.1, 0.15) is 0 Å². The van der Waals surface area contributed by atoms with Crippen LogP contribution < -0.4 is 16.0 Å². The van der Waals surface area contributed by atoms with E-state index in [4.69, 9.17) is 10.5 Å². The second kappa shape index (κ2) is 7.40. The van der Waals surface area contributed by atoms with Crippen molar-refractivity contribution in [3.8, 4) is 0 Å². The van der Waals surface area contributed by atoms with E-state index in [1.165, 1.54) is 0 Å². The number of nitrogen functional groups attached to an aromatic ring is 1. The minimum Gasteiger partial charge on any atom is -0.378 e. The molecule has 0 saturated carbocycles. The summed E-state index contributed by atoms with van der Waals surface area (Å²) >= 11 is 0. The zero-order valence-corrected chi connectivity index (χ0v) is 13.2. The Morgan fingerprint density at radius 2 is 2.00 bits per heavy atom. The molecule has 0 amide bonds. The van der Waals surface area contributed by atoms with Crippen LogP contribution in [0.2, 0.25) is 0 Å². The molecule has 1 aliphatic rings. The van der Waals surface area contributed by atoms with Gasteiger partial charge in [0, 0.05) is 32.2 Å². The molecule has 118 valence electrons. The monoisotopic (exact) mass is 294 g/mol. The van der Waals surface area contributed by atoms with E-state index in [0.29, 0.717) is 23.9 Å². The average Bonchev–Trinajstić information content (AvgIpc) is 2.93. The third kappa shape index (κ3) is 3.93. The summed E-state index contributed by atoms with van der Waals surface area (Å²) in [6, 6.07) is 0. The van der Waals surface area contributed by atoms with Gasteiger partial charge in [-0.15, -0.1) is 0 Å². The lowest BCUT2D eigenvalue weighted by atomic mass is 10.00. The van der Waals surface area contributed by atoms with E-state index in [-0.39, 0.29) is 5.95 Å². The van der Waals surface area contributed by atoms with Crippen molar-refractivity contribution >= 4 is 17.8 Å². The zero-order chi connectivity index (χ0) is 15.2. The minimum atomic E-state index is 0.254. The SMILES string of the molecule is CCC1OCCC1CNc1nc(N)nc(N(CC)CC)n1. The van der Waals surface area contributed by atoms with Gasteiger partial charge in [0.25, 0.3) is 0 Å². The molecule has 0 aromatic carbocycles. The van der Waals surface area contributed by atoms with Gasteiger partial charge < -0.3 is 20.7 Å². The van der Waals surface area contributed by atoms with Gasteiger partial charge in [-0.25, -0.2) is 0 Å². The maximum absolute atomic E-state index is 5.79. The molecule has 0 bridgehead atoms. The van der Waals surface area contributed by atoms with E-state index < -0.39 is 0 Å². The van der Waals surface area contributed by atoms with Crippen LogP contribution in [0.1, 0.15) is 33.6 Å². The molecule has 0 radical (unpaired) electrons. The number of rotatable bonds is 7. The van der Waals surface area contributed by atoms with Crippen LogP contribution in [-0.2, 0) is 4.74 Å². The van der Waals surface area contributed by atoms with Gasteiger partial charge in [0.05, 0.1) is 6.10 Å². The van der Waals surface area contributed by atoms with Crippen molar-refractivity contribution in [2.24, 2.45) is 5.92 Å². The molecule has 7 nitrogen and oxygen atoms in total. The van der Waals surface area contributed by atoms with Crippen LogP contribution in [-0.4, -0.2) is 47.3 Å². The molecule has 1 fully saturated rings. The van der Waals surface area contributed by atoms with Crippen molar-refractivity contribution in [3.63, 3.8) is 0 Å². The van der Waals surface area contributed by atoms with Crippen molar-refractivity contribution in [1.82, 2.24) is 15.0 Å². The van der Waals surface area contributed by atoms with Crippen molar-refractivity contribution in [2.75, 3.05) is 42.2 Å². The van der Waals surface area contributed by atoms with Crippen molar-refractivity contribution in [3.05, 3.63) is 0 Å². The molecule has 1 aromatic heterocycles. The first-order chi connectivity index (χ1) is 10.2. The number of nitrogens with zero attached hydrogens (tertiary/aromatic N) is 4. The van der Waals surface area contributed by atoms with Gasteiger partial charge in [-0.05, 0) is 26.7 Å². The fourth-order valence-corrected chi connectivity index (χ4v) is 2.71. The van der Waals surface area contributed by atoms with Crippen LogP contribution in [0.4, 0.5) is 17.8 Å². The number of nitrogens with one attached hydrogen (secondary N) is 1. The maximum atomic E-state index is 5.79. The number of hydrogen-bond acceptors (Lipinski definition) is 7. The highest BCUT2D eigenvalue weighted by molar-refractivity contribution is 5.41. The second-order valence-electron chi connectivity index (χ2n) is 5.24. The van der Waals surface area contributed by atoms with Gasteiger partial charge >= 0.3 is 0 Å². The fraction of sp³-hybridized carbons (Fsp3) is 0.786.